The summed E-state index contributed by atoms with van der Waals surface area (Å²) in [5.74, 6) is 1.04. The van der Waals surface area contributed by atoms with Crippen LogP contribution in [0.3, 0.4) is 0 Å². The van der Waals surface area contributed by atoms with Gasteiger partial charge in [0.05, 0.1) is 5.69 Å². The second-order valence-corrected chi connectivity index (χ2v) is 3.41. The summed E-state index contributed by atoms with van der Waals surface area (Å²) in [6, 6.07) is 0.692. The third-order valence-corrected chi connectivity index (χ3v) is 2.15. The number of nitrogens with zero attached hydrogens (tertiary/aromatic N) is 2. The predicted octanol–water partition coefficient (Wildman–Crippen LogP) is 1.79. The zero-order chi connectivity index (χ0) is 8.55. The molecule has 1 heterocycles. The van der Waals surface area contributed by atoms with E-state index in [2.05, 4.69) is 28.0 Å². The Morgan fingerprint density at radius 2 is 2.42 bits per heavy atom. The highest BCUT2D eigenvalue weighted by Crippen LogP contribution is 2.24. The van der Waals surface area contributed by atoms with Gasteiger partial charge in [-0.2, -0.15) is 0 Å². The van der Waals surface area contributed by atoms with E-state index in [-0.39, 0.29) is 0 Å². The number of hydrogen-bond acceptors (Lipinski definition) is 2. The topological polar surface area (TPSA) is 29.9 Å². The molecule has 1 fully saturated rings. The van der Waals surface area contributed by atoms with Crippen molar-refractivity contribution in [2.24, 2.45) is 0 Å². The second kappa shape index (κ2) is 2.81. The van der Waals surface area contributed by atoms with E-state index < -0.39 is 0 Å². The zero-order valence-electron chi connectivity index (χ0n) is 7.67. The molecule has 12 heavy (non-hydrogen) atoms. The Labute approximate surface area is 72.8 Å². The van der Waals surface area contributed by atoms with Crippen molar-refractivity contribution >= 4 is 5.95 Å². The van der Waals surface area contributed by atoms with Gasteiger partial charge in [-0.05, 0) is 26.7 Å². The summed E-state index contributed by atoms with van der Waals surface area (Å²) in [6.45, 7) is 5.17. The van der Waals surface area contributed by atoms with Crippen molar-refractivity contribution in [1.29, 1.82) is 0 Å². The first-order chi connectivity index (χ1) is 5.79. The average molecular weight is 165 g/mol. The SMILES string of the molecule is CCn1cc(C)nc1NC1CC1. The molecule has 0 aliphatic heterocycles. The monoisotopic (exact) mass is 165 g/mol. The van der Waals surface area contributed by atoms with Crippen molar-refractivity contribution in [3.05, 3.63) is 11.9 Å². The van der Waals surface area contributed by atoms with Crippen molar-refractivity contribution in [3.63, 3.8) is 0 Å². The van der Waals surface area contributed by atoms with Gasteiger partial charge in [-0.25, -0.2) is 4.98 Å². The molecule has 1 N–H and O–H groups in total. The van der Waals surface area contributed by atoms with Crippen LogP contribution in [0, 0.1) is 6.92 Å². The zero-order valence-corrected chi connectivity index (χ0v) is 7.67. The highest BCUT2D eigenvalue weighted by Gasteiger charge is 2.22. The van der Waals surface area contributed by atoms with Gasteiger partial charge in [-0.15, -0.1) is 0 Å². The van der Waals surface area contributed by atoms with Crippen LogP contribution >= 0.6 is 0 Å². The van der Waals surface area contributed by atoms with Crippen LogP contribution in [0.2, 0.25) is 0 Å². The molecule has 3 heteroatoms. The first kappa shape index (κ1) is 7.65. The molecule has 0 spiro atoms. The molecular formula is C9H15N3. The smallest absolute Gasteiger partial charge is 0.203 e. The third-order valence-electron chi connectivity index (χ3n) is 2.15. The first-order valence-corrected chi connectivity index (χ1v) is 4.60. The van der Waals surface area contributed by atoms with Gasteiger partial charge < -0.3 is 9.88 Å². The van der Waals surface area contributed by atoms with Crippen LogP contribution in [0.25, 0.3) is 0 Å². The molecule has 1 aromatic heterocycles. The summed E-state index contributed by atoms with van der Waals surface area (Å²) in [7, 11) is 0. The van der Waals surface area contributed by atoms with Crippen molar-refractivity contribution in [2.45, 2.75) is 39.3 Å². The van der Waals surface area contributed by atoms with E-state index in [1.165, 1.54) is 12.8 Å². The van der Waals surface area contributed by atoms with Crippen molar-refractivity contribution in [1.82, 2.24) is 9.55 Å². The van der Waals surface area contributed by atoms with E-state index in [0.717, 1.165) is 18.2 Å². The maximum absolute atomic E-state index is 4.41. The molecule has 1 aliphatic rings. The molecule has 0 unspecified atom stereocenters. The van der Waals surface area contributed by atoms with Gasteiger partial charge in [0.2, 0.25) is 5.95 Å². The molecule has 0 radical (unpaired) electrons. The lowest BCUT2D eigenvalue weighted by atomic mass is 10.6. The van der Waals surface area contributed by atoms with Gasteiger partial charge in [-0.3, -0.25) is 0 Å². The van der Waals surface area contributed by atoms with Gasteiger partial charge in [0, 0.05) is 18.8 Å². The van der Waals surface area contributed by atoms with Crippen molar-refractivity contribution in [2.75, 3.05) is 5.32 Å². The third kappa shape index (κ3) is 1.44. The number of aromatic nitrogens is 2. The van der Waals surface area contributed by atoms with Gasteiger partial charge in [-0.1, -0.05) is 0 Å². The normalized spacial score (nSPS) is 16.5. The molecule has 0 atom stereocenters. The molecule has 2 rings (SSSR count). The number of imidazole rings is 1. The van der Waals surface area contributed by atoms with Crippen LogP contribution in [0.1, 0.15) is 25.5 Å². The van der Waals surface area contributed by atoms with E-state index >= 15 is 0 Å². The fourth-order valence-electron chi connectivity index (χ4n) is 1.31. The number of anilines is 1. The number of hydrogen-bond donors (Lipinski definition) is 1. The first-order valence-electron chi connectivity index (χ1n) is 4.60. The highest BCUT2D eigenvalue weighted by molar-refractivity contribution is 5.31. The van der Waals surface area contributed by atoms with Crippen LogP contribution in [0.5, 0.6) is 0 Å². The molecule has 1 aliphatic carbocycles. The largest absolute Gasteiger partial charge is 0.353 e. The van der Waals surface area contributed by atoms with E-state index in [0.29, 0.717) is 6.04 Å². The van der Waals surface area contributed by atoms with Crippen LogP contribution < -0.4 is 5.32 Å². The van der Waals surface area contributed by atoms with Crippen LogP contribution in [-0.2, 0) is 6.54 Å². The van der Waals surface area contributed by atoms with Crippen LogP contribution in [0.15, 0.2) is 6.20 Å². The molecular weight excluding hydrogens is 150 g/mol. The standard InChI is InChI=1S/C9H15N3/c1-3-12-6-7(2)10-9(12)11-8-4-5-8/h6,8H,3-5H2,1-2H3,(H,10,11). The fraction of sp³-hybridized carbons (Fsp3) is 0.667. The van der Waals surface area contributed by atoms with E-state index in [9.17, 15) is 0 Å². The van der Waals surface area contributed by atoms with Crippen LogP contribution in [-0.4, -0.2) is 15.6 Å². The lowest BCUT2D eigenvalue weighted by Crippen LogP contribution is -2.07. The number of rotatable bonds is 3. The lowest BCUT2D eigenvalue weighted by Gasteiger charge is -2.04. The Morgan fingerprint density at radius 1 is 1.67 bits per heavy atom. The highest BCUT2D eigenvalue weighted by atomic mass is 15.2. The Balaban J connectivity index is 2.15. The van der Waals surface area contributed by atoms with Crippen molar-refractivity contribution < 1.29 is 0 Å². The summed E-state index contributed by atoms with van der Waals surface area (Å²) < 4.78 is 2.16. The summed E-state index contributed by atoms with van der Waals surface area (Å²) in [5, 5.41) is 3.41. The number of aryl methyl sites for hydroxylation is 2. The molecule has 0 amide bonds. The van der Waals surface area contributed by atoms with E-state index in [1.807, 2.05) is 6.92 Å². The molecule has 0 bridgehead atoms. The minimum Gasteiger partial charge on any atom is -0.353 e. The summed E-state index contributed by atoms with van der Waals surface area (Å²) in [5.41, 5.74) is 1.10. The van der Waals surface area contributed by atoms with Gasteiger partial charge in [0.15, 0.2) is 0 Å². The van der Waals surface area contributed by atoms with Gasteiger partial charge in [0.1, 0.15) is 0 Å². The lowest BCUT2D eigenvalue weighted by molar-refractivity contribution is 0.762. The van der Waals surface area contributed by atoms with E-state index in [4.69, 9.17) is 0 Å². The molecule has 1 aromatic rings. The molecule has 3 nitrogen and oxygen atoms in total. The van der Waals surface area contributed by atoms with Crippen molar-refractivity contribution in [3.8, 4) is 0 Å². The van der Waals surface area contributed by atoms with Gasteiger partial charge in [0.25, 0.3) is 0 Å². The minimum absolute atomic E-state index is 0.692. The second-order valence-electron chi connectivity index (χ2n) is 3.41. The number of nitrogens with one attached hydrogen (secondary N) is 1. The molecule has 66 valence electrons. The summed E-state index contributed by atoms with van der Waals surface area (Å²) in [4.78, 5) is 4.41. The maximum atomic E-state index is 4.41. The Hall–Kier alpha value is -0.990. The van der Waals surface area contributed by atoms with E-state index in [1.54, 1.807) is 0 Å². The molecule has 0 aromatic carbocycles. The summed E-state index contributed by atoms with van der Waals surface area (Å²) >= 11 is 0. The Morgan fingerprint density at radius 3 is 3.00 bits per heavy atom. The minimum atomic E-state index is 0.692. The summed E-state index contributed by atoms with van der Waals surface area (Å²) in [6.07, 6.45) is 4.69. The average Bonchev–Trinajstić information content (AvgIpc) is 2.76. The van der Waals surface area contributed by atoms with Gasteiger partial charge >= 0.3 is 0 Å². The van der Waals surface area contributed by atoms with Crippen LogP contribution in [0.4, 0.5) is 5.95 Å². The fourth-order valence-corrected chi connectivity index (χ4v) is 1.31. The Kier molecular flexibility index (Phi) is 1.79. The predicted molar refractivity (Wildman–Crippen MR) is 49.3 cm³/mol. The quantitative estimate of drug-likeness (QED) is 0.740. The molecule has 1 saturated carbocycles. The Bertz CT molecular complexity index is 273. The molecule has 0 saturated heterocycles. The maximum Gasteiger partial charge on any atom is 0.203 e.